The molecule has 0 bridgehead atoms. The molecule has 1 heterocycles. The van der Waals surface area contributed by atoms with Gasteiger partial charge in [0.25, 0.3) is 0 Å². The second-order valence-corrected chi connectivity index (χ2v) is 3.34. The number of oxazole rings is 1. The molecule has 1 rings (SSSR count). The van der Waals surface area contributed by atoms with E-state index in [2.05, 4.69) is 36.7 Å². The Labute approximate surface area is 103 Å². The van der Waals surface area contributed by atoms with Crippen molar-refractivity contribution in [3.8, 4) is 12.8 Å². The minimum Gasteiger partial charge on any atom is -0.484 e. The maximum atomic E-state index is 5.28. The molecular formula is C13H20N2O2. The van der Waals surface area contributed by atoms with Crippen LogP contribution in [0, 0.1) is 18.8 Å². The first kappa shape index (κ1) is 15.2. The van der Waals surface area contributed by atoms with Gasteiger partial charge in [0.1, 0.15) is 12.3 Å². The van der Waals surface area contributed by atoms with Gasteiger partial charge in [-0.15, -0.1) is 12.8 Å². The van der Waals surface area contributed by atoms with Gasteiger partial charge in [0, 0.05) is 5.92 Å². The van der Waals surface area contributed by atoms with Gasteiger partial charge < -0.3 is 9.15 Å². The molecule has 0 unspecified atom stereocenters. The van der Waals surface area contributed by atoms with Gasteiger partial charge in [-0.05, 0) is 12.8 Å². The van der Waals surface area contributed by atoms with Crippen LogP contribution in [-0.2, 0) is 11.3 Å². The Kier molecular flexibility index (Phi) is 8.48. The Morgan fingerprint density at radius 2 is 2.12 bits per heavy atom. The van der Waals surface area contributed by atoms with Crippen LogP contribution in [0.2, 0.25) is 0 Å². The van der Waals surface area contributed by atoms with Gasteiger partial charge in [-0.1, -0.05) is 13.8 Å². The first-order valence-corrected chi connectivity index (χ1v) is 5.60. The van der Waals surface area contributed by atoms with Gasteiger partial charge in [0.05, 0.1) is 13.3 Å². The van der Waals surface area contributed by atoms with Crippen LogP contribution in [0.3, 0.4) is 0 Å². The zero-order valence-electron chi connectivity index (χ0n) is 10.7. The van der Waals surface area contributed by atoms with Crippen molar-refractivity contribution >= 4 is 5.90 Å². The summed E-state index contributed by atoms with van der Waals surface area (Å²) in [5, 5.41) is 0. The average molecular weight is 236 g/mol. The molecule has 0 aromatic carbocycles. The second-order valence-electron chi connectivity index (χ2n) is 3.34. The molecule has 1 aromatic heterocycles. The Morgan fingerprint density at radius 1 is 1.47 bits per heavy atom. The lowest BCUT2D eigenvalue weighted by molar-refractivity contribution is 0.354. The predicted octanol–water partition coefficient (Wildman–Crippen LogP) is 2.91. The lowest BCUT2D eigenvalue weighted by Gasteiger charge is -2.13. The third-order valence-corrected chi connectivity index (χ3v) is 2.42. The molecule has 0 atom stereocenters. The number of hydrogen-bond acceptors (Lipinski definition) is 4. The van der Waals surface area contributed by atoms with Crippen LogP contribution < -0.4 is 0 Å². The van der Waals surface area contributed by atoms with Gasteiger partial charge in [-0.2, -0.15) is 0 Å². The molecule has 0 saturated carbocycles. The van der Waals surface area contributed by atoms with E-state index in [9.17, 15) is 0 Å². The fourth-order valence-corrected chi connectivity index (χ4v) is 1.47. The number of rotatable bonds is 5. The van der Waals surface area contributed by atoms with E-state index in [1.165, 1.54) is 6.39 Å². The Balaban J connectivity index is 0.00000121. The number of nitrogens with zero attached hydrogens (tertiary/aromatic N) is 2. The number of aromatic nitrogens is 1. The normalized spacial score (nSPS) is 10.8. The van der Waals surface area contributed by atoms with E-state index in [-0.39, 0.29) is 0 Å². The molecule has 0 saturated heterocycles. The highest BCUT2D eigenvalue weighted by molar-refractivity contribution is 5.78. The number of aliphatic imine (C=N–C) groups is 1. The van der Waals surface area contributed by atoms with Gasteiger partial charge in [0.2, 0.25) is 0 Å². The first-order chi connectivity index (χ1) is 8.31. The average Bonchev–Trinajstić information content (AvgIpc) is 2.90. The fraction of sp³-hybridized carbons (Fsp3) is 0.538. The van der Waals surface area contributed by atoms with Crippen molar-refractivity contribution in [2.75, 3.05) is 7.11 Å². The predicted molar refractivity (Wildman–Crippen MR) is 68.6 cm³/mol. The first-order valence-electron chi connectivity index (χ1n) is 5.60. The highest BCUT2D eigenvalue weighted by Gasteiger charge is 2.12. The smallest absolute Gasteiger partial charge is 0.186 e. The van der Waals surface area contributed by atoms with Crippen molar-refractivity contribution in [1.82, 2.24) is 4.98 Å². The van der Waals surface area contributed by atoms with Crippen LogP contribution in [0.25, 0.3) is 0 Å². The summed E-state index contributed by atoms with van der Waals surface area (Å²) in [5.41, 5.74) is 0. The molecule has 17 heavy (non-hydrogen) atoms. The Bertz CT molecular complexity index is 324. The van der Waals surface area contributed by atoms with Crippen molar-refractivity contribution in [1.29, 1.82) is 0 Å². The van der Waals surface area contributed by atoms with E-state index in [1.54, 1.807) is 13.3 Å². The van der Waals surface area contributed by atoms with E-state index >= 15 is 0 Å². The molecular weight excluding hydrogens is 216 g/mol. The van der Waals surface area contributed by atoms with Crippen molar-refractivity contribution < 1.29 is 9.15 Å². The maximum absolute atomic E-state index is 5.28. The largest absolute Gasteiger partial charge is 0.484 e. The molecule has 1 aromatic rings. The summed E-state index contributed by atoms with van der Waals surface area (Å²) < 4.78 is 10.4. The quantitative estimate of drug-likeness (QED) is 0.448. The molecule has 0 fully saturated rings. The number of ether oxygens (including phenoxy) is 1. The maximum Gasteiger partial charge on any atom is 0.186 e. The molecule has 4 nitrogen and oxygen atoms in total. The molecule has 94 valence electrons. The molecule has 0 aliphatic carbocycles. The summed E-state index contributed by atoms with van der Waals surface area (Å²) in [4.78, 5) is 8.22. The summed E-state index contributed by atoms with van der Waals surface area (Å²) in [7, 11) is 1.66. The molecule has 0 aliphatic heterocycles. The van der Waals surface area contributed by atoms with E-state index < -0.39 is 0 Å². The molecule has 0 amide bonds. The van der Waals surface area contributed by atoms with Crippen LogP contribution in [-0.4, -0.2) is 18.0 Å². The van der Waals surface area contributed by atoms with Crippen molar-refractivity contribution in [3.05, 3.63) is 18.4 Å². The molecule has 4 heteroatoms. The summed E-state index contributed by atoms with van der Waals surface area (Å²) in [6, 6.07) is 0. The highest BCUT2D eigenvalue weighted by Crippen LogP contribution is 2.12. The topological polar surface area (TPSA) is 47.6 Å². The molecule has 0 aliphatic rings. The lowest BCUT2D eigenvalue weighted by atomic mass is 10.0. The van der Waals surface area contributed by atoms with Crippen LogP contribution in [0.5, 0.6) is 0 Å². The van der Waals surface area contributed by atoms with E-state index in [0.29, 0.717) is 12.5 Å². The monoisotopic (exact) mass is 236 g/mol. The summed E-state index contributed by atoms with van der Waals surface area (Å²) in [6.45, 7) is 4.77. The summed E-state index contributed by atoms with van der Waals surface area (Å²) in [6.07, 6.45) is 13.2. The van der Waals surface area contributed by atoms with Crippen molar-refractivity contribution in [3.63, 3.8) is 0 Å². The van der Waals surface area contributed by atoms with Crippen LogP contribution in [0.15, 0.2) is 22.0 Å². The van der Waals surface area contributed by atoms with E-state index in [1.807, 2.05) is 0 Å². The summed E-state index contributed by atoms with van der Waals surface area (Å²) in [5.74, 6) is 1.96. The van der Waals surface area contributed by atoms with Gasteiger partial charge in [-0.25, -0.2) is 9.98 Å². The number of methoxy groups -OCH3 is 1. The molecule has 0 spiro atoms. The zero-order chi connectivity index (χ0) is 13.1. The van der Waals surface area contributed by atoms with Crippen LogP contribution in [0.1, 0.15) is 32.4 Å². The minimum atomic E-state index is 0.401. The van der Waals surface area contributed by atoms with Gasteiger partial charge in [-0.3, -0.25) is 0 Å². The number of terminal acetylenes is 1. The minimum absolute atomic E-state index is 0.401. The highest BCUT2D eigenvalue weighted by atomic mass is 16.5. The number of hydrogen-bond donors (Lipinski definition) is 0. The molecule has 0 N–H and O–H groups in total. The lowest BCUT2D eigenvalue weighted by Crippen LogP contribution is -2.15. The van der Waals surface area contributed by atoms with E-state index in [4.69, 9.17) is 9.15 Å². The van der Waals surface area contributed by atoms with Crippen LogP contribution in [0.4, 0.5) is 0 Å². The third kappa shape index (κ3) is 5.21. The third-order valence-electron chi connectivity index (χ3n) is 2.42. The Hall–Kier alpha value is -1.76. The molecule has 0 radical (unpaired) electrons. The SMILES string of the molecule is C#C.CCC(CC)C(=NCc1cnco1)OC. The van der Waals surface area contributed by atoms with Crippen molar-refractivity contribution in [2.24, 2.45) is 10.9 Å². The van der Waals surface area contributed by atoms with Crippen LogP contribution >= 0.6 is 0 Å². The zero-order valence-corrected chi connectivity index (χ0v) is 10.7. The fourth-order valence-electron chi connectivity index (χ4n) is 1.47. The van der Waals surface area contributed by atoms with Gasteiger partial charge >= 0.3 is 0 Å². The van der Waals surface area contributed by atoms with Gasteiger partial charge in [0.15, 0.2) is 12.3 Å². The van der Waals surface area contributed by atoms with E-state index in [0.717, 1.165) is 24.5 Å². The second kappa shape index (κ2) is 9.46. The van der Waals surface area contributed by atoms with Crippen molar-refractivity contribution in [2.45, 2.75) is 33.2 Å². The summed E-state index contributed by atoms with van der Waals surface area (Å²) >= 11 is 0. The standard InChI is InChI=1S/C11H18N2O2.C2H2/c1-4-9(5-2)11(14-3)13-7-10-6-12-8-15-10;1-2/h6,8-9H,4-5,7H2,1-3H3;1-2H. The Morgan fingerprint density at radius 3 is 2.53 bits per heavy atom.